The van der Waals surface area contributed by atoms with Gasteiger partial charge in [-0.15, -0.1) is 0 Å². The molecule has 3 aromatic rings. The predicted octanol–water partition coefficient (Wildman–Crippen LogP) is 4.35. The second-order valence-corrected chi connectivity index (χ2v) is 5.00. The van der Waals surface area contributed by atoms with Crippen LogP contribution in [0.2, 0.25) is 0 Å². The number of para-hydroxylation sites is 2. The highest BCUT2D eigenvalue weighted by Gasteiger charge is 2.15. The molecule has 1 unspecified atom stereocenters. The van der Waals surface area contributed by atoms with Crippen LogP contribution >= 0.6 is 0 Å². The Balaban J connectivity index is 1.96. The topological polar surface area (TPSA) is 72.8 Å². The molecule has 0 amide bonds. The first-order chi connectivity index (χ1) is 10.7. The summed E-state index contributed by atoms with van der Waals surface area (Å²) in [5.41, 5.74) is 2.25. The van der Waals surface area contributed by atoms with Gasteiger partial charge in [0, 0.05) is 5.39 Å². The number of nitrogens with one attached hydrogen (secondary N) is 1. The van der Waals surface area contributed by atoms with Crippen LogP contribution in [0.25, 0.3) is 11.0 Å². The molecule has 3 rings (SSSR count). The summed E-state index contributed by atoms with van der Waals surface area (Å²) in [6.07, 6.45) is 0. The van der Waals surface area contributed by atoms with E-state index in [-0.39, 0.29) is 6.04 Å². The van der Waals surface area contributed by atoms with Gasteiger partial charge in [-0.25, -0.2) is 0 Å². The number of furan rings is 1. The predicted molar refractivity (Wildman–Crippen MR) is 84.1 cm³/mol. The molecule has 0 fully saturated rings. The van der Waals surface area contributed by atoms with E-state index in [9.17, 15) is 10.5 Å². The Morgan fingerprint density at radius 3 is 2.32 bits per heavy atom. The summed E-state index contributed by atoms with van der Waals surface area (Å²) in [7, 11) is 0. The Morgan fingerprint density at radius 1 is 1.00 bits per heavy atom. The fraction of sp³-hybridized carbons (Fsp3) is 0.111. The van der Waals surface area contributed by atoms with Crippen molar-refractivity contribution in [2.24, 2.45) is 0 Å². The highest BCUT2D eigenvalue weighted by atomic mass is 16.3. The van der Waals surface area contributed by atoms with E-state index in [0.29, 0.717) is 16.8 Å². The van der Waals surface area contributed by atoms with E-state index in [4.69, 9.17) is 4.42 Å². The van der Waals surface area contributed by atoms with Crippen LogP contribution in [0.15, 0.2) is 52.9 Å². The molecule has 0 aliphatic carbocycles. The quantitative estimate of drug-likeness (QED) is 0.777. The van der Waals surface area contributed by atoms with Gasteiger partial charge in [-0.3, -0.25) is 0 Å². The maximum atomic E-state index is 9.21. The smallest absolute Gasteiger partial charge is 0.134 e. The Bertz CT molecular complexity index is 847. The first-order valence-corrected chi connectivity index (χ1v) is 6.91. The molecule has 0 spiro atoms. The van der Waals surface area contributed by atoms with E-state index in [1.165, 1.54) is 0 Å². The van der Waals surface area contributed by atoms with E-state index >= 15 is 0 Å². The van der Waals surface area contributed by atoms with Gasteiger partial charge in [0.15, 0.2) is 0 Å². The number of hydrogen-bond donors (Lipinski definition) is 1. The van der Waals surface area contributed by atoms with Crippen molar-refractivity contribution in [3.63, 3.8) is 0 Å². The number of fused-ring (bicyclic) bond motifs is 1. The summed E-state index contributed by atoms with van der Waals surface area (Å²) in [5, 5.41) is 22.7. The van der Waals surface area contributed by atoms with Crippen molar-refractivity contribution < 1.29 is 4.42 Å². The van der Waals surface area contributed by atoms with Gasteiger partial charge in [-0.05, 0) is 31.2 Å². The van der Waals surface area contributed by atoms with Crippen molar-refractivity contribution in [3.8, 4) is 12.1 Å². The molecule has 1 heterocycles. The van der Waals surface area contributed by atoms with Crippen LogP contribution in [-0.4, -0.2) is 0 Å². The van der Waals surface area contributed by atoms with Gasteiger partial charge in [0.1, 0.15) is 23.5 Å². The van der Waals surface area contributed by atoms with Crippen LogP contribution in [0.3, 0.4) is 0 Å². The van der Waals surface area contributed by atoms with Gasteiger partial charge >= 0.3 is 0 Å². The highest BCUT2D eigenvalue weighted by Crippen LogP contribution is 2.29. The van der Waals surface area contributed by atoms with Crippen molar-refractivity contribution in [2.45, 2.75) is 13.0 Å². The van der Waals surface area contributed by atoms with Crippen LogP contribution in [0.4, 0.5) is 5.69 Å². The Hall–Kier alpha value is -3.24. The van der Waals surface area contributed by atoms with Gasteiger partial charge in [0.25, 0.3) is 0 Å². The van der Waals surface area contributed by atoms with Gasteiger partial charge in [0.05, 0.1) is 22.9 Å². The summed E-state index contributed by atoms with van der Waals surface area (Å²) < 4.78 is 5.82. The first kappa shape index (κ1) is 13.7. The van der Waals surface area contributed by atoms with Crippen LogP contribution < -0.4 is 5.32 Å². The number of benzene rings is 2. The van der Waals surface area contributed by atoms with Gasteiger partial charge in [0.2, 0.25) is 0 Å². The number of anilines is 1. The Morgan fingerprint density at radius 2 is 1.68 bits per heavy atom. The third-order valence-corrected chi connectivity index (χ3v) is 3.54. The molecule has 0 radical (unpaired) electrons. The third kappa shape index (κ3) is 2.39. The summed E-state index contributed by atoms with van der Waals surface area (Å²) in [4.78, 5) is 0. The fourth-order valence-corrected chi connectivity index (χ4v) is 2.40. The molecule has 4 nitrogen and oxygen atoms in total. The molecule has 1 aromatic heterocycles. The summed E-state index contributed by atoms with van der Waals surface area (Å²) in [5.74, 6) is 0.762. The molecular weight excluding hydrogens is 274 g/mol. The van der Waals surface area contributed by atoms with Crippen molar-refractivity contribution in [1.29, 1.82) is 10.5 Å². The Kier molecular flexibility index (Phi) is 3.52. The van der Waals surface area contributed by atoms with E-state index in [1.807, 2.05) is 37.3 Å². The average molecular weight is 287 g/mol. The van der Waals surface area contributed by atoms with Gasteiger partial charge in [-0.2, -0.15) is 10.5 Å². The second-order valence-electron chi connectivity index (χ2n) is 5.00. The lowest BCUT2D eigenvalue weighted by Gasteiger charge is -2.15. The van der Waals surface area contributed by atoms with Crippen LogP contribution in [0.5, 0.6) is 0 Å². The lowest BCUT2D eigenvalue weighted by molar-refractivity contribution is 0.526. The van der Waals surface area contributed by atoms with Crippen molar-refractivity contribution >= 4 is 16.7 Å². The van der Waals surface area contributed by atoms with Crippen molar-refractivity contribution in [3.05, 3.63) is 65.4 Å². The average Bonchev–Trinajstić information content (AvgIpc) is 2.99. The molecule has 1 atom stereocenters. The third-order valence-electron chi connectivity index (χ3n) is 3.54. The SMILES string of the molecule is CC(Nc1c(C#N)cccc1C#N)c1cc2ccccc2o1. The largest absolute Gasteiger partial charge is 0.459 e. The maximum absolute atomic E-state index is 9.21. The molecule has 0 aliphatic heterocycles. The lowest BCUT2D eigenvalue weighted by Crippen LogP contribution is -2.08. The summed E-state index contributed by atoms with van der Waals surface area (Å²) in [6.45, 7) is 1.94. The molecule has 22 heavy (non-hydrogen) atoms. The molecule has 1 N–H and O–H groups in total. The van der Waals surface area contributed by atoms with E-state index < -0.39 is 0 Å². The zero-order valence-corrected chi connectivity index (χ0v) is 12.0. The molecule has 2 aromatic carbocycles. The monoisotopic (exact) mass is 287 g/mol. The molecule has 0 aliphatic rings. The maximum Gasteiger partial charge on any atom is 0.134 e. The zero-order chi connectivity index (χ0) is 15.5. The summed E-state index contributed by atoms with van der Waals surface area (Å²) >= 11 is 0. The van der Waals surface area contributed by atoms with E-state index in [2.05, 4.69) is 17.5 Å². The molecule has 106 valence electrons. The first-order valence-electron chi connectivity index (χ1n) is 6.91. The highest BCUT2D eigenvalue weighted by molar-refractivity contribution is 5.78. The van der Waals surface area contributed by atoms with Gasteiger partial charge in [-0.1, -0.05) is 24.3 Å². The van der Waals surface area contributed by atoms with Crippen LogP contribution in [-0.2, 0) is 0 Å². The van der Waals surface area contributed by atoms with E-state index in [1.54, 1.807) is 18.2 Å². The normalized spacial score (nSPS) is 11.6. The molecule has 0 bridgehead atoms. The van der Waals surface area contributed by atoms with Crippen molar-refractivity contribution in [1.82, 2.24) is 0 Å². The standard InChI is InChI=1S/C18H13N3O/c1-12(17-9-13-5-2-3-8-16(13)22-17)21-18-14(10-19)6-4-7-15(18)11-20/h2-9,12,21H,1H3. The fourth-order valence-electron chi connectivity index (χ4n) is 2.40. The Labute approximate surface area is 128 Å². The molecular formula is C18H13N3O. The lowest BCUT2D eigenvalue weighted by atomic mass is 10.1. The number of nitrogens with zero attached hydrogens (tertiary/aromatic N) is 2. The minimum absolute atomic E-state index is 0.158. The van der Waals surface area contributed by atoms with Crippen LogP contribution in [0, 0.1) is 22.7 Å². The van der Waals surface area contributed by atoms with Crippen LogP contribution in [0.1, 0.15) is 29.9 Å². The minimum Gasteiger partial charge on any atom is -0.459 e. The molecule has 4 heteroatoms. The van der Waals surface area contributed by atoms with E-state index in [0.717, 1.165) is 16.7 Å². The minimum atomic E-state index is -0.158. The zero-order valence-electron chi connectivity index (χ0n) is 12.0. The molecule has 0 saturated carbocycles. The molecule has 0 saturated heterocycles. The van der Waals surface area contributed by atoms with Gasteiger partial charge < -0.3 is 9.73 Å². The number of hydrogen-bond acceptors (Lipinski definition) is 4. The second kappa shape index (κ2) is 5.63. The number of nitriles is 2. The van der Waals surface area contributed by atoms with Crippen molar-refractivity contribution in [2.75, 3.05) is 5.32 Å². The summed E-state index contributed by atoms with van der Waals surface area (Å²) in [6, 6.07) is 18.9. The number of rotatable bonds is 3.